The van der Waals surface area contributed by atoms with Gasteiger partial charge in [-0.25, -0.2) is 0 Å². The Labute approximate surface area is 181 Å². The first-order chi connectivity index (χ1) is 14.4. The van der Waals surface area contributed by atoms with Crippen LogP contribution in [0.3, 0.4) is 0 Å². The molecule has 2 aromatic rings. The molecule has 160 valence electrons. The van der Waals surface area contributed by atoms with Crippen molar-refractivity contribution < 1.29 is 19.1 Å². The molecule has 1 aliphatic carbocycles. The highest BCUT2D eigenvalue weighted by Gasteiger charge is 2.25. The minimum absolute atomic E-state index is 0.196. The Morgan fingerprint density at radius 2 is 1.90 bits per heavy atom. The number of ether oxygens (including phenoxy) is 2. The molecule has 3 rings (SSSR count). The molecule has 1 aliphatic rings. The van der Waals surface area contributed by atoms with E-state index in [0.717, 1.165) is 19.3 Å². The van der Waals surface area contributed by atoms with Crippen LogP contribution in [0.5, 0.6) is 11.5 Å². The van der Waals surface area contributed by atoms with Gasteiger partial charge in [0, 0.05) is 11.6 Å². The highest BCUT2D eigenvalue weighted by atomic mass is 35.5. The molecule has 1 fully saturated rings. The van der Waals surface area contributed by atoms with Gasteiger partial charge < -0.3 is 20.1 Å². The van der Waals surface area contributed by atoms with Crippen LogP contribution in [-0.4, -0.2) is 31.6 Å². The normalized spacial score (nSPS) is 13.1. The van der Waals surface area contributed by atoms with Crippen LogP contribution in [0.25, 0.3) is 0 Å². The van der Waals surface area contributed by atoms with Crippen LogP contribution in [0.4, 0.5) is 5.69 Å². The van der Waals surface area contributed by atoms with Crippen molar-refractivity contribution in [3.05, 3.63) is 52.5 Å². The fraction of sp³-hybridized carbons (Fsp3) is 0.391. The summed E-state index contributed by atoms with van der Waals surface area (Å²) in [6.07, 6.45) is 2.86. The zero-order chi connectivity index (χ0) is 21.7. The molecule has 0 bridgehead atoms. The molecular weight excluding hydrogens is 404 g/mol. The Balaban J connectivity index is 1.77. The van der Waals surface area contributed by atoms with E-state index >= 15 is 0 Å². The van der Waals surface area contributed by atoms with Crippen molar-refractivity contribution in [2.45, 2.75) is 39.2 Å². The van der Waals surface area contributed by atoms with E-state index in [0.29, 0.717) is 45.9 Å². The maximum atomic E-state index is 12.9. The third-order valence-corrected chi connectivity index (χ3v) is 5.05. The monoisotopic (exact) mass is 430 g/mol. The van der Waals surface area contributed by atoms with Crippen LogP contribution in [0.2, 0.25) is 5.02 Å². The van der Waals surface area contributed by atoms with E-state index in [4.69, 9.17) is 21.1 Å². The zero-order valence-electron chi connectivity index (χ0n) is 17.5. The lowest BCUT2D eigenvalue weighted by Crippen LogP contribution is -2.27. The molecule has 1 saturated carbocycles. The summed E-state index contributed by atoms with van der Waals surface area (Å²) in [6, 6.07) is 10.3. The molecule has 0 saturated heterocycles. The lowest BCUT2D eigenvalue weighted by atomic mass is 10.1. The first-order valence-electron chi connectivity index (χ1n) is 10.1. The summed E-state index contributed by atoms with van der Waals surface area (Å²) < 4.78 is 11.2. The average molecular weight is 431 g/mol. The largest absolute Gasteiger partial charge is 0.493 e. The minimum Gasteiger partial charge on any atom is -0.493 e. The van der Waals surface area contributed by atoms with Crippen LogP contribution in [0, 0.1) is 5.92 Å². The quantitative estimate of drug-likeness (QED) is 0.592. The maximum Gasteiger partial charge on any atom is 0.255 e. The number of para-hydroxylation sites is 1. The third-order valence-electron chi connectivity index (χ3n) is 4.77. The Morgan fingerprint density at radius 3 is 2.57 bits per heavy atom. The number of carbonyl (C=O) groups is 2. The zero-order valence-corrected chi connectivity index (χ0v) is 18.2. The fourth-order valence-corrected chi connectivity index (χ4v) is 3.13. The van der Waals surface area contributed by atoms with E-state index in [1.54, 1.807) is 30.3 Å². The van der Waals surface area contributed by atoms with Gasteiger partial charge >= 0.3 is 0 Å². The highest BCUT2D eigenvalue weighted by molar-refractivity contribution is 6.32. The SMILES string of the molecule is COc1cc(C(=O)Nc2ccccc2C(=O)NC2CC2)cc(Cl)c1OCCC(C)C. The lowest BCUT2D eigenvalue weighted by molar-refractivity contribution is 0.0952. The van der Waals surface area contributed by atoms with Crippen LogP contribution in [0.15, 0.2) is 36.4 Å². The van der Waals surface area contributed by atoms with Crippen molar-refractivity contribution in [3.63, 3.8) is 0 Å². The molecule has 2 N–H and O–H groups in total. The number of nitrogens with one attached hydrogen (secondary N) is 2. The predicted molar refractivity (Wildman–Crippen MR) is 118 cm³/mol. The fourth-order valence-electron chi connectivity index (χ4n) is 2.86. The topological polar surface area (TPSA) is 76.7 Å². The van der Waals surface area contributed by atoms with Crippen molar-refractivity contribution >= 4 is 29.1 Å². The summed E-state index contributed by atoms with van der Waals surface area (Å²) in [6.45, 7) is 4.72. The van der Waals surface area contributed by atoms with Crippen LogP contribution < -0.4 is 20.1 Å². The smallest absolute Gasteiger partial charge is 0.255 e. The second kappa shape index (κ2) is 9.85. The van der Waals surface area contributed by atoms with Gasteiger partial charge in [0.15, 0.2) is 11.5 Å². The molecule has 0 spiro atoms. The van der Waals surface area contributed by atoms with Gasteiger partial charge in [-0.05, 0) is 49.4 Å². The van der Waals surface area contributed by atoms with Gasteiger partial charge in [0.1, 0.15) is 0 Å². The van der Waals surface area contributed by atoms with E-state index in [2.05, 4.69) is 24.5 Å². The van der Waals surface area contributed by atoms with E-state index in [1.807, 2.05) is 0 Å². The summed E-state index contributed by atoms with van der Waals surface area (Å²) in [7, 11) is 1.50. The minimum atomic E-state index is -0.393. The van der Waals surface area contributed by atoms with E-state index in [1.165, 1.54) is 13.2 Å². The first kappa shape index (κ1) is 22.0. The molecule has 0 heterocycles. The number of hydrogen-bond donors (Lipinski definition) is 2. The van der Waals surface area contributed by atoms with Gasteiger partial charge in [0.25, 0.3) is 11.8 Å². The number of hydrogen-bond acceptors (Lipinski definition) is 4. The number of halogens is 1. The summed E-state index contributed by atoms with van der Waals surface area (Å²) in [5.41, 5.74) is 1.17. The number of benzene rings is 2. The van der Waals surface area contributed by atoms with Gasteiger partial charge in [0.05, 0.1) is 30.0 Å². The highest BCUT2D eigenvalue weighted by Crippen LogP contribution is 2.37. The average Bonchev–Trinajstić information content (AvgIpc) is 3.52. The summed E-state index contributed by atoms with van der Waals surface area (Å²) >= 11 is 6.37. The molecule has 30 heavy (non-hydrogen) atoms. The second-order valence-electron chi connectivity index (χ2n) is 7.77. The Hall–Kier alpha value is -2.73. The Kier molecular flexibility index (Phi) is 7.21. The van der Waals surface area contributed by atoms with Gasteiger partial charge in [-0.2, -0.15) is 0 Å². The molecule has 2 amide bonds. The lowest BCUT2D eigenvalue weighted by Gasteiger charge is -2.15. The van der Waals surface area contributed by atoms with Crippen molar-refractivity contribution in [2.75, 3.05) is 19.0 Å². The second-order valence-corrected chi connectivity index (χ2v) is 8.18. The standard InChI is InChI=1S/C23H27ClN2O4/c1-14(2)10-11-30-21-18(24)12-15(13-20(21)29-3)22(27)26-19-7-5-4-6-17(19)23(28)25-16-8-9-16/h4-7,12-14,16H,8-11H2,1-3H3,(H,25,28)(H,26,27). The van der Waals surface area contributed by atoms with E-state index in [-0.39, 0.29) is 11.9 Å². The van der Waals surface area contributed by atoms with Crippen LogP contribution >= 0.6 is 11.6 Å². The van der Waals surface area contributed by atoms with Gasteiger partial charge in [-0.1, -0.05) is 37.6 Å². The number of anilines is 1. The molecule has 2 aromatic carbocycles. The number of rotatable bonds is 9. The van der Waals surface area contributed by atoms with Crippen molar-refractivity contribution in [1.29, 1.82) is 0 Å². The molecule has 7 heteroatoms. The molecule has 0 aromatic heterocycles. The van der Waals surface area contributed by atoms with Crippen molar-refractivity contribution in [1.82, 2.24) is 5.32 Å². The number of methoxy groups -OCH3 is 1. The first-order valence-corrected chi connectivity index (χ1v) is 10.5. The van der Waals surface area contributed by atoms with Crippen molar-refractivity contribution in [2.24, 2.45) is 5.92 Å². The van der Waals surface area contributed by atoms with Crippen molar-refractivity contribution in [3.8, 4) is 11.5 Å². The molecule has 0 radical (unpaired) electrons. The van der Waals surface area contributed by atoms with E-state index in [9.17, 15) is 9.59 Å². The molecule has 0 aliphatic heterocycles. The van der Waals surface area contributed by atoms with Gasteiger partial charge in [-0.3, -0.25) is 9.59 Å². The molecule has 6 nitrogen and oxygen atoms in total. The van der Waals surface area contributed by atoms with Crippen LogP contribution in [-0.2, 0) is 0 Å². The molecular formula is C23H27ClN2O4. The summed E-state index contributed by atoms with van der Waals surface area (Å²) in [5, 5.41) is 6.04. The van der Waals surface area contributed by atoms with Gasteiger partial charge in [0.2, 0.25) is 0 Å². The van der Waals surface area contributed by atoms with E-state index < -0.39 is 5.91 Å². The van der Waals surface area contributed by atoms with Crippen LogP contribution in [0.1, 0.15) is 53.8 Å². The number of amides is 2. The Bertz CT molecular complexity index is 925. The maximum absolute atomic E-state index is 12.9. The molecule has 0 atom stereocenters. The Morgan fingerprint density at radius 1 is 1.17 bits per heavy atom. The third kappa shape index (κ3) is 5.66. The summed E-state index contributed by atoms with van der Waals surface area (Å²) in [5.74, 6) is 0.710. The van der Waals surface area contributed by atoms with Gasteiger partial charge in [-0.15, -0.1) is 0 Å². The number of carbonyl (C=O) groups excluding carboxylic acids is 2. The predicted octanol–water partition coefficient (Wildman–Crippen LogP) is 4.92. The summed E-state index contributed by atoms with van der Waals surface area (Å²) in [4.78, 5) is 25.3. The molecule has 0 unspecified atom stereocenters.